The molecule has 304 valence electrons. The maximum atomic E-state index is 12.7. The van der Waals surface area contributed by atoms with Gasteiger partial charge in [0.25, 0.3) is 5.91 Å². The van der Waals surface area contributed by atoms with Crippen molar-refractivity contribution in [3.05, 3.63) is 111 Å². The van der Waals surface area contributed by atoms with Crippen molar-refractivity contribution in [2.45, 2.75) is 97.1 Å². The number of fused-ring (bicyclic) bond motifs is 1. The number of pyridine rings is 1. The number of carbonyl (C=O) groups is 2. The molecule has 1 atom stereocenters. The fourth-order valence-corrected chi connectivity index (χ4v) is 7.75. The summed E-state index contributed by atoms with van der Waals surface area (Å²) in [5.41, 5.74) is 6.65. The molecule has 3 aromatic heterocycles. The van der Waals surface area contributed by atoms with Crippen LogP contribution in [0.4, 0.5) is 5.69 Å². The van der Waals surface area contributed by atoms with Crippen LogP contribution in [0, 0.1) is 18.8 Å². The van der Waals surface area contributed by atoms with Gasteiger partial charge in [0.1, 0.15) is 17.2 Å². The molecule has 3 N–H and O–H groups in total. The van der Waals surface area contributed by atoms with E-state index in [1.54, 1.807) is 35.9 Å². The molecule has 0 fully saturated rings. The smallest absolute Gasteiger partial charge is 0.257 e. The van der Waals surface area contributed by atoms with E-state index in [4.69, 9.17) is 4.74 Å². The van der Waals surface area contributed by atoms with E-state index < -0.39 is 0 Å². The summed E-state index contributed by atoms with van der Waals surface area (Å²) in [6.45, 7) is 7.46. The van der Waals surface area contributed by atoms with Gasteiger partial charge in [-0.3, -0.25) is 24.2 Å². The van der Waals surface area contributed by atoms with Gasteiger partial charge in [-0.2, -0.15) is 0 Å². The van der Waals surface area contributed by atoms with E-state index in [-0.39, 0.29) is 18.4 Å². The van der Waals surface area contributed by atoms with Gasteiger partial charge in [-0.15, -0.1) is 16.4 Å². The predicted molar refractivity (Wildman–Crippen MR) is 227 cm³/mol. The van der Waals surface area contributed by atoms with Gasteiger partial charge in [-0.05, 0) is 105 Å². The Balaban J connectivity index is 0.805. The quantitative estimate of drug-likeness (QED) is 0.0579. The van der Waals surface area contributed by atoms with E-state index in [0.29, 0.717) is 42.5 Å². The molecular weight excluding hydrogens is 749 g/mol. The molecule has 0 spiro atoms. The number of benzene rings is 2. The van der Waals surface area contributed by atoms with Gasteiger partial charge in [-0.1, -0.05) is 55.2 Å². The van der Waals surface area contributed by atoms with Crippen molar-refractivity contribution < 1.29 is 19.4 Å². The molecule has 1 aliphatic rings. The number of aromatic nitrogens is 5. The minimum Gasteiger partial charge on any atom is -0.508 e. The Labute approximate surface area is 345 Å². The van der Waals surface area contributed by atoms with Crippen LogP contribution in [0.5, 0.6) is 11.5 Å². The SMILES string of the molecule is CCCN(CCc1ccc(NC(=O)CCc2cn(CCCCCCNC(=O)COc3cncc(C#Cc4csc(C)n4)c3)nn2)cc1)C1CCc2c(O)cccc2C1. The molecule has 1 aliphatic carbocycles. The van der Waals surface area contributed by atoms with E-state index in [0.717, 1.165) is 105 Å². The molecule has 0 radical (unpaired) electrons. The molecule has 3 heterocycles. The topological polar surface area (TPSA) is 147 Å². The summed E-state index contributed by atoms with van der Waals surface area (Å²) in [6.07, 6.45) is 14.8. The summed E-state index contributed by atoms with van der Waals surface area (Å²) in [5, 5.41) is 27.6. The minimum absolute atomic E-state index is 0.0480. The van der Waals surface area contributed by atoms with Crippen LogP contribution in [-0.4, -0.2) is 79.1 Å². The Morgan fingerprint density at radius 3 is 2.72 bits per heavy atom. The average Bonchev–Trinajstić information content (AvgIpc) is 3.88. The fourth-order valence-electron chi connectivity index (χ4n) is 7.20. The van der Waals surface area contributed by atoms with E-state index in [9.17, 15) is 14.7 Å². The van der Waals surface area contributed by atoms with E-state index in [1.807, 2.05) is 41.4 Å². The van der Waals surface area contributed by atoms with Crippen LogP contribution in [0.3, 0.4) is 0 Å². The number of thiazole rings is 1. The van der Waals surface area contributed by atoms with Crippen LogP contribution in [0.15, 0.2) is 72.5 Å². The summed E-state index contributed by atoms with van der Waals surface area (Å²) in [7, 11) is 0. The molecule has 2 aromatic carbocycles. The van der Waals surface area contributed by atoms with Crippen molar-refractivity contribution in [3.63, 3.8) is 0 Å². The zero-order valence-corrected chi connectivity index (χ0v) is 34.4. The number of nitrogens with zero attached hydrogens (tertiary/aromatic N) is 6. The third-order valence-corrected chi connectivity index (χ3v) is 11.0. The second-order valence-corrected chi connectivity index (χ2v) is 15.8. The fraction of sp³-hybridized carbons (Fsp3) is 0.422. The maximum Gasteiger partial charge on any atom is 0.257 e. The first kappa shape index (κ1) is 42.0. The average molecular weight is 803 g/mol. The first-order valence-corrected chi connectivity index (χ1v) is 21.3. The Hall–Kier alpha value is -5.58. The number of phenolic OH excluding ortho intramolecular Hbond substituents is 1. The summed E-state index contributed by atoms with van der Waals surface area (Å²) >= 11 is 1.55. The number of carbonyl (C=O) groups excluding carboxylic acids is 2. The molecule has 6 rings (SSSR count). The molecule has 58 heavy (non-hydrogen) atoms. The second kappa shape index (κ2) is 21.8. The lowest BCUT2D eigenvalue weighted by Gasteiger charge is -2.35. The molecule has 5 aromatic rings. The van der Waals surface area contributed by atoms with E-state index >= 15 is 0 Å². The zero-order valence-electron chi connectivity index (χ0n) is 33.6. The largest absolute Gasteiger partial charge is 0.508 e. The number of nitrogens with one attached hydrogen (secondary N) is 2. The number of amides is 2. The number of aromatic hydroxyl groups is 1. The first-order valence-electron chi connectivity index (χ1n) is 20.4. The number of aryl methyl sites for hydroxylation is 3. The second-order valence-electron chi connectivity index (χ2n) is 14.8. The van der Waals surface area contributed by atoms with Gasteiger partial charge in [0.05, 0.1) is 16.9 Å². The molecule has 0 aliphatic heterocycles. The lowest BCUT2D eigenvalue weighted by molar-refractivity contribution is -0.123. The maximum absolute atomic E-state index is 12.7. The zero-order chi connectivity index (χ0) is 40.5. The van der Waals surface area contributed by atoms with Crippen LogP contribution in [-0.2, 0) is 41.8 Å². The van der Waals surface area contributed by atoms with Gasteiger partial charge >= 0.3 is 0 Å². The Morgan fingerprint density at radius 2 is 1.90 bits per heavy atom. The van der Waals surface area contributed by atoms with Gasteiger partial charge < -0.3 is 20.5 Å². The van der Waals surface area contributed by atoms with Gasteiger partial charge in [0, 0.05) is 67.5 Å². The van der Waals surface area contributed by atoms with E-state index in [1.165, 1.54) is 11.1 Å². The van der Waals surface area contributed by atoms with Gasteiger partial charge in [-0.25, -0.2) is 4.98 Å². The van der Waals surface area contributed by atoms with Crippen molar-refractivity contribution in [3.8, 4) is 23.3 Å². The normalized spacial score (nSPS) is 13.4. The molecule has 13 heteroatoms. The van der Waals surface area contributed by atoms with Crippen LogP contribution in [0.2, 0.25) is 0 Å². The highest BCUT2D eigenvalue weighted by atomic mass is 32.1. The summed E-state index contributed by atoms with van der Waals surface area (Å²) in [4.78, 5) is 36.1. The van der Waals surface area contributed by atoms with Crippen LogP contribution >= 0.6 is 11.3 Å². The standard InChI is InChI=1S/C45H54N8O4S/c1-3-23-52(40-18-19-42-36(27-40)9-8-10-43(42)54)25-21-34-11-14-37(15-12-34)49-44(55)20-17-38-30-53(51-50-38)24-7-5-4-6-22-47-45(56)31-57-41-26-35(28-46-29-41)13-16-39-32-58-33(2)48-39/h8-12,14-15,26,28-30,32,40,54H,3-7,17-25,27,31H2,1-2H3,(H,47,56)(H,49,55). The highest BCUT2D eigenvalue weighted by Crippen LogP contribution is 2.31. The highest BCUT2D eigenvalue weighted by Gasteiger charge is 2.25. The van der Waals surface area contributed by atoms with Crippen molar-refractivity contribution >= 4 is 28.8 Å². The third kappa shape index (κ3) is 13.2. The van der Waals surface area contributed by atoms with Crippen LogP contribution in [0.25, 0.3) is 0 Å². The monoisotopic (exact) mass is 802 g/mol. The number of anilines is 1. The summed E-state index contributed by atoms with van der Waals surface area (Å²) < 4.78 is 7.45. The predicted octanol–water partition coefficient (Wildman–Crippen LogP) is 6.68. The first-order chi connectivity index (χ1) is 28.3. The van der Waals surface area contributed by atoms with Crippen molar-refractivity contribution in [2.75, 3.05) is 31.6 Å². The van der Waals surface area contributed by atoms with Gasteiger partial charge in [0.2, 0.25) is 5.91 Å². The number of phenols is 1. The molecule has 0 bridgehead atoms. The number of ether oxygens (including phenoxy) is 1. The number of hydrogen-bond donors (Lipinski definition) is 3. The number of rotatable bonds is 20. The summed E-state index contributed by atoms with van der Waals surface area (Å²) in [6, 6.07) is 16.3. The molecule has 2 amide bonds. The molecule has 12 nitrogen and oxygen atoms in total. The third-order valence-electron chi connectivity index (χ3n) is 10.3. The Morgan fingerprint density at radius 1 is 1.03 bits per heavy atom. The lowest BCUT2D eigenvalue weighted by atomic mass is 9.86. The molecule has 0 saturated heterocycles. The van der Waals surface area contributed by atoms with Crippen LogP contribution in [0.1, 0.15) is 90.5 Å². The lowest BCUT2D eigenvalue weighted by Crippen LogP contribution is -2.41. The minimum atomic E-state index is -0.178. The van der Waals surface area contributed by atoms with Gasteiger partial charge in [0.15, 0.2) is 6.61 Å². The van der Waals surface area contributed by atoms with E-state index in [2.05, 4.69) is 72.8 Å². The Bertz CT molecular complexity index is 2160. The van der Waals surface area contributed by atoms with Crippen LogP contribution < -0.4 is 15.4 Å². The highest BCUT2D eigenvalue weighted by molar-refractivity contribution is 7.09. The number of unbranched alkanes of at least 4 members (excludes halogenated alkanes) is 3. The molecular formula is C45H54N8O4S. The molecule has 0 saturated carbocycles. The van der Waals surface area contributed by atoms with Crippen molar-refractivity contribution in [1.29, 1.82) is 0 Å². The van der Waals surface area contributed by atoms with Crippen molar-refractivity contribution in [2.24, 2.45) is 0 Å². The summed E-state index contributed by atoms with van der Waals surface area (Å²) in [5.74, 6) is 6.74. The number of hydrogen-bond acceptors (Lipinski definition) is 10. The Kier molecular flexibility index (Phi) is 15.8. The van der Waals surface area contributed by atoms with Crippen molar-refractivity contribution in [1.82, 2.24) is 35.2 Å². The molecule has 1 unspecified atom stereocenters.